The van der Waals surface area contributed by atoms with E-state index in [0.717, 1.165) is 0 Å². The molecule has 0 spiro atoms. The summed E-state index contributed by atoms with van der Waals surface area (Å²) in [5.41, 5.74) is 0.611. The zero-order valence-corrected chi connectivity index (χ0v) is 15.5. The number of likely N-dealkylation sites (tertiary alicyclic amines) is 1. The topological polar surface area (TPSA) is 102 Å². The maximum Gasteiger partial charge on any atom is 0.270 e. The third kappa shape index (κ3) is 4.28. The molecule has 1 saturated heterocycles. The molecular formula is C20H21N3O5. The van der Waals surface area contributed by atoms with E-state index in [1.807, 2.05) is 18.2 Å². The Kier molecular flexibility index (Phi) is 5.88. The zero-order valence-electron chi connectivity index (χ0n) is 15.5. The number of nitro groups is 1. The Morgan fingerprint density at radius 1 is 1.14 bits per heavy atom. The molecule has 0 unspecified atom stereocenters. The monoisotopic (exact) mass is 383 g/mol. The van der Waals surface area contributed by atoms with Gasteiger partial charge in [0.1, 0.15) is 5.75 Å². The van der Waals surface area contributed by atoms with E-state index in [0.29, 0.717) is 37.2 Å². The van der Waals surface area contributed by atoms with Gasteiger partial charge in [0.15, 0.2) is 0 Å². The minimum absolute atomic E-state index is 0.0243. The first-order valence-corrected chi connectivity index (χ1v) is 8.97. The van der Waals surface area contributed by atoms with Crippen molar-refractivity contribution >= 4 is 17.5 Å². The summed E-state index contributed by atoms with van der Waals surface area (Å²) < 4.78 is 5.19. The van der Waals surface area contributed by atoms with E-state index in [1.54, 1.807) is 17.0 Å². The van der Waals surface area contributed by atoms with Crippen LogP contribution in [0.15, 0.2) is 48.5 Å². The lowest BCUT2D eigenvalue weighted by atomic mass is 10.0. The van der Waals surface area contributed by atoms with Gasteiger partial charge < -0.3 is 15.0 Å². The Morgan fingerprint density at radius 3 is 2.43 bits per heavy atom. The molecule has 1 N–H and O–H groups in total. The lowest BCUT2D eigenvalue weighted by molar-refractivity contribution is -0.384. The van der Waals surface area contributed by atoms with Crippen molar-refractivity contribution in [2.75, 3.05) is 20.2 Å². The van der Waals surface area contributed by atoms with Crippen LogP contribution in [0.4, 0.5) is 5.69 Å². The van der Waals surface area contributed by atoms with Crippen LogP contribution in [0.25, 0.3) is 0 Å². The zero-order chi connectivity index (χ0) is 20.1. The number of carbonyl (C=O) groups excluding carboxylic acids is 2. The molecule has 0 aromatic heterocycles. The summed E-state index contributed by atoms with van der Waals surface area (Å²) in [5.74, 6) is -0.144. The Bertz CT molecular complexity index is 877. The highest BCUT2D eigenvalue weighted by Gasteiger charge is 2.27. The van der Waals surface area contributed by atoms with Crippen LogP contribution >= 0.6 is 0 Å². The number of hydrogen-bond donors (Lipinski definition) is 1. The second kappa shape index (κ2) is 8.51. The molecule has 8 nitrogen and oxygen atoms in total. The van der Waals surface area contributed by atoms with Gasteiger partial charge in [-0.2, -0.15) is 0 Å². The summed E-state index contributed by atoms with van der Waals surface area (Å²) in [6.07, 6.45) is 1.23. The number of benzene rings is 2. The number of methoxy groups -OCH3 is 1. The van der Waals surface area contributed by atoms with Crippen LogP contribution in [0.3, 0.4) is 0 Å². The van der Waals surface area contributed by atoms with E-state index in [-0.39, 0.29) is 29.1 Å². The molecule has 1 aliphatic rings. The average molecular weight is 383 g/mol. The molecule has 0 saturated carbocycles. The van der Waals surface area contributed by atoms with Gasteiger partial charge in [-0.3, -0.25) is 19.7 Å². The summed E-state index contributed by atoms with van der Waals surface area (Å²) in [6, 6.07) is 12.9. The number of nitro benzene ring substituents is 1. The molecular weight excluding hydrogens is 362 g/mol. The van der Waals surface area contributed by atoms with E-state index >= 15 is 0 Å². The van der Waals surface area contributed by atoms with Crippen molar-refractivity contribution in [3.63, 3.8) is 0 Å². The van der Waals surface area contributed by atoms with Crippen LogP contribution in [-0.2, 0) is 0 Å². The number of hydrogen-bond acceptors (Lipinski definition) is 5. The van der Waals surface area contributed by atoms with Gasteiger partial charge in [-0.1, -0.05) is 18.2 Å². The van der Waals surface area contributed by atoms with E-state index in [9.17, 15) is 19.7 Å². The van der Waals surface area contributed by atoms with Gasteiger partial charge in [0, 0.05) is 36.8 Å². The van der Waals surface area contributed by atoms with Crippen LogP contribution in [0.5, 0.6) is 5.75 Å². The van der Waals surface area contributed by atoms with Gasteiger partial charge in [-0.15, -0.1) is 0 Å². The van der Waals surface area contributed by atoms with Crippen molar-refractivity contribution in [3.05, 3.63) is 69.8 Å². The summed E-state index contributed by atoms with van der Waals surface area (Å²) >= 11 is 0. The predicted molar refractivity (Wildman–Crippen MR) is 102 cm³/mol. The van der Waals surface area contributed by atoms with Crippen LogP contribution in [0, 0.1) is 10.1 Å². The molecule has 8 heteroatoms. The van der Waals surface area contributed by atoms with Crippen LogP contribution in [0.1, 0.15) is 33.6 Å². The average Bonchev–Trinajstić information content (AvgIpc) is 2.73. The van der Waals surface area contributed by atoms with Crippen molar-refractivity contribution in [1.82, 2.24) is 10.2 Å². The highest BCUT2D eigenvalue weighted by atomic mass is 16.6. The van der Waals surface area contributed by atoms with Crippen molar-refractivity contribution in [1.29, 1.82) is 0 Å². The Balaban J connectivity index is 1.63. The first-order valence-electron chi connectivity index (χ1n) is 8.97. The number of piperidine rings is 1. The Labute approximate surface area is 162 Å². The lowest BCUT2D eigenvalue weighted by Crippen LogP contribution is -2.46. The van der Waals surface area contributed by atoms with E-state index in [2.05, 4.69) is 5.32 Å². The smallest absolute Gasteiger partial charge is 0.270 e. The number of nitrogens with zero attached hydrogens (tertiary/aromatic N) is 2. The fraction of sp³-hybridized carbons (Fsp3) is 0.300. The molecule has 0 atom stereocenters. The van der Waals surface area contributed by atoms with E-state index in [1.165, 1.54) is 25.3 Å². The van der Waals surface area contributed by atoms with E-state index in [4.69, 9.17) is 4.74 Å². The van der Waals surface area contributed by atoms with Gasteiger partial charge in [-0.05, 0) is 31.0 Å². The first-order chi connectivity index (χ1) is 13.5. The van der Waals surface area contributed by atoms with Gasteiger partial charge in [0.05, 0.1) is 17.6 Å². The minimum Gasteiger partial charge on any atom is -0.496 e. The molecule has 1 heterocycles. The quantitative estimate of drug-likeness (QED) is 0.632. The van der Waals surface area contributed by atoms with Gasteiger partial charge >= 0.3 is 0 Å². The highest BCUT2D eigenvalue weighted by Crippen LogP contribution is 2.26. The maximum atomic E-state index is 12.8. The molecule has 146 valence electrons. The summed E-state index contributed by atoms with van der Waals surface area (Å²) in [6.45, 7) is 0.898. The normalized spacial score (nSPS) is 14.4. The number of ether oxygens (including phenoxy) is 1. The predicted octanol–water partition coefficient (Wildman–Crippen LogP) is 2.64. The molecule has 0 aliphatic carbocycles. The fourth-order valence-corrected chi connectivity index (χ4v) is 3.23. The number of non-ortho nitro benzene ring substituents is 1. The summed E-state index contributed by atoms with van der Waals surface area (Å²) in [7, 11) is 1.42. The molecule has 0 bridgehead atoms. The van der Waals surface area contributed by atoms with Crippen molar-refractivity contribution in [2.45, 2.75) is 18.9 Å². The summed E-state index contributed by atoms with van der Waals surface area (Å²) in [5, 5.41) is 14.0. The SMILES string of the molecule is COc1ccc([N+](=O)[O-])cc1C(=O)N1CCC(NC(=O)c2ccccc2)CC1. The largest absolute Gasteiger partial charge is 0.496 e. The first kappa shape index (κ1) is 19.3. The minimum atomic E-state index is -0.540. The van der Waals surface area contributed by atoms with Crippen molar-refractivity contribution in [2.24, 2.45) is 0 Å². The number of rotatable bonds is 5. The Morgan fingerprint density at radius 2 is 1.82 bits per heavy atom. The van der Waals surface area contributed by atoms with Crippen molar-refractivity contribution < 1.29 is 19.2 Å². The molecule has 2 amide bonds. The molecule has 3 rings (SSSR count). The fourth-order valence-electron chi connectivity index (χ4n) is 3.23. The standard InChI is InChI=1S/C20H21N3O5/c1-28-18-8-7-16(23(26)27)13-17(18)20(25)22-11-9-15(10-12-22)21-19(24)14-5-3-2-4-6-14/h2-8,13,15H,9-12H2,1H3,(H,21,24). The molecule has 1 fully saturated rings. The molecule has 1 aliphatic heterocycles. The molecule has 2 aromatic rings. The molecule has 28 heavy (non-hydrogen) atoms. The third-order valence-electron chi connectivity index (χ3n) is 4.78. The highest BCUT2D eigenvalue weighted by molar-refractivity contribution is 5.98. The maximum absolute atomic E-state index is 12.8. The van der Waals surface area contributed by atoms with Crippen LogP contribution in [-0.4, -0.2) is 47.9 Å². The molecule has 0 radical (unpaired) electrons. The Hall–Kier alpha value is -3.42. The number of nitrogens with one attached hydrogen (secondary N) is 1. The summed E-state index contributed by atoms with van der Waals surface area (Å²) in [4.78, 5) is 37.2. The van der Waals surface area contributed by atoms with Crippen molar-refractivity contribution in [3.8, 4) is 5.75 Å². The molecule has 2 aromatic carbocycles. The van der Waals surface area contributed by atoms with E-state index < -0.39 is 4.92 Å². The van der Waals surface area contributed by atoms with Crippen LogP contribution < -0.4 is 10.1 Å². The van der Waals surface area contributed by atoms with Gasteiger partial charge in [-0.25, -0.2) is 0 Å². The second-order valence-electron chi connectivity index (χ2n) is 6.55. The third-order valence-corrected chi connectivity index (χ3v) is 4.78. The van der Waals surface area contributed by atoms with Gasteiger partial charge in [0.25, 0.3) is 17.5 Å². The number of carbonyl (C=O) groups is 2. The second-order valence-corrected chi connectivity index (χ2v) is 6.55. The lowest BCUT2D eigenvalue weighted by Gasteiger charge is -2.32. The van der Waals surface area contributed by atoms with Crippen LogP contribution in [0.2, 0.25) is 0 Å². The van der Waals surface area contributed by atoms with Gasteiger partial charge in [0.2, 0.25) is 0 Å². The number of amides is 2.